The minimum Gasteiger partial charge on any atom is -0.387 e. The molecule has 0 saturated heterocycles. The van der Waals surface area contributed by atoms with Crippen molar-refractivity contribution < 1.29 is 5.11 Å². The Morgan fingerprint density at radius 1 is 1.18 bits per heavy atom. The van der Waals surface area contributed by atoms with Crippen LogP contribution in [0.5, 0.6) is 0 Å². The van der Waals surface area contributed by atoms with Gasteiger partial charge < -0.3 is 5.11 Å². The molecule has 1 heterocycles. The van der Waals surface area contributed by atoms with E-state index in [4.69, 9.17) is 34.8 Å². The molecule has 0 aliphatic carbocycles. The second-order valence-corrected chi connectivity index (χ2v) is 5.78. The molecule has 1 atom stereocenters. The molecule has 2 aromatic rings. The Morgan fingerprint density at radius 2 is 1.82 bits per heavy atom. The van der Waals surface area contributed by atoms with Crippen LogP contribution in [-0.2, 0) is 6.42 Å². The van der Waals surface area contributed by atoms with Gasteiger partial charge in [0.05, 0.1) is 11.1 Å². The van der Waals surface area contributed by atoms with Crippen molar-refractivity contribution in [2.24, 2.45) is 0 Å². The lowest BCUT2D eigenvalue weighted by atomic mass is 10.1. The summed E-state index contributed by atoms with van der Waals surface area (Å²) < 4.78 is 0. The number of thiophene rings is 1. The first-order valence-corrected chi connectivity index (χ1v) is 6.94. The highest BCUT2D eigenvalue weighted by atomic mass is 35.5. The maximum absolute atomic E-state index is 10.1. The SMILES string of the molecule is OC(Cc1c(Cl)cccc1Cl)c1cc(Cl)cs1. The van der Waals surface area contributed by atoms with E-state index in [2.05, 4.69) is 0 Å². The van der Waals surface area contributed by atoms with Crippen molar-refractivity contribution >= 4 is 46.1 Å². The lowest BCUT2D eigenvalue weighted by molar-refractivity contribution is 0.182. The summed E-state index contributed by atoms with van der Waals surface area (Å²) in [5, 5.41) is 13.6. The van der Waals surface area contributed by atoms with Crippen molar-refractivity contribution in [3.05, 3.63) is 55.2 Å². The van der Waals surface area contributed by atoms with Crippen LogP contribution >= 0.6 is 46.1 Å². The zero-order chi connectivity index (χ0) is 12.4. The molecule has 0 aliphatic heterocycles. The Kier molecular flexibility index (Phi) is 4.34. The molecule has 0 saturated carbocycles. The van der Waals surface area contributed by atoms with E-state index >= 15 is 0 Å². The Labute approximate surface area is 119 Å². The van der Waals surface area contributed by atoms with Crippen molar-refractivity contribution in [3.63, 3.8) is 0 Å². The number of rotatable bonds is 3. The molecule has 1 aromatic carbocycles. The second kappa shape index (κ2) is 5.59. The second-order valence-electron chi connectivity index (χ2n) is 3.59. The van der Waals surface area contributed by atoms with Gasteiger partial charge in [-0.2, -0.15) is 0 Å². The fourth-order valence-corrected chi connectivity index (χ4v) is 3.14. The summed E-state index contributed by atoms with van der Waals surface area (Å²) in [7, 11) is 0. The van der Waals surface area contributed by atoms with E-state index < -0.39 is 6.10 Å². The first kappa shape index (κ1) is 13.2. The Hall–Kier alpha value is -0.250. The van der Waals surface area contributed by atoms with Crippen molar-refractivity contribution in [2.75, 3.05) is 0 Å². The van der Waals surface area contributed by atoms with Crippen LogP contribution in [0.2, 0.25) is 15.1 Å². The van der Waals surface area contributed by atoms with E-state index in [1.54, 1.807) is 29.6 Å². The van der Waals surface area contributed by atoms with Gasteiger partial charge in [0.2, 0.25) is 0 Å². The molecular weight excluding hydrogens is 299 g/mol. The number of aliphatic hydroxyl groups is 1. The zero-order valence-corrected chi connectivity index (χ0v) is 11.7. The summed E-state index contributed by atoms with van der Waals surface area (Å²) in [4.78, 5) is 0.811. The van der Waals surface area contributed by atoms with Crippen molar-refractivity contribution in [3.8, 4) is 0 Å². The van der Waals surface area contributed by atoms with E-state index in [0.29, 0.717) is 21.5 Å². The predicted molar refractivity (Wildman–Crippen MR) is 74.5 cm³/mol. The summed E-state index contributed by atoms with van der Waals surface area (Å²) in [5.74, 6) is 0. The van der Waals surface area contributed by atoms with Gasteiger partial charge in [0, 0.05) is 26.7 Å². The normalized spacial score (nSPS) is 12.7. The third-order valence-electron chi connectivity index (χ3n) is 2.38. The van der Waals surface area contributed by atoms with Gasteiger partial charge in [0.25, 0.3) is 0 Å². The van der Waals surface area contributed by atoms with Gasteiger partial charge in [0.15, 0.2) is 0 Å². The van der Waals surface area contributed by atoms with Crippen LogP contribution in [0, 0.1) is 0 Å². The fraction of sp³-hybridized carbons (Fsp3) is 0.167. The lowest BCUT2D eigenvalue weighted by Crippen LogP contribution is -2.00. The first-order valence-electron chi connectivity index (χ1n) is 4.93. The number of aliphatic hydroxyl groups excluding tert-OH is 1. The third kappa shape index (κ3) is 3.15. The average molecular weight is 308 g/mol. The van der Waals surface area contributed by atoms with Crippen LogP contribution in [0.25, 0.3) is 0 Å². The highest BCUT2D eigenvalue weighted by Gasteiger charge is 2.15. The van der Waals surface area contributed by atoms with Crippen molar-refractivity contribution in [2.45, 2.75) is 12.5 Å². The van der Waals surface area contributed by atoms with Gasteiger partial charge in [-0.25, -0.2) is 0 Å². The molecule has 1 unspecified atom stereocenters. The Morgan fingerprint density at radius 3 is 2.35 bits per heavy atom. The molecular formula is C12H9Cl3OS. The molecule has 1 nitrogen and oxygen atoms in total. The first-order chi connectivity index (χ1) is 8.08. The van der Waals surface area contributed by atoms with Gasteiger partial charge in [-0.15, -0.1) is 11.3 Å². The highest BCUT2D eigenvalue weighted by Crippen LogP contribution is 2.32. The smallest absolute Gasteiger partial charge is 0.0923 e. The summed E-state index contributed by atoms with van der Waals surface area (Å²) in [6, 6.07) is 7.05. The molecule has 90 valence electrons. The summed E-state index contributed by atoms with van der Waals surface area (Å²) in [6.07, 6.45) is -0.250. The minimum absolute atomic E-state index is 0.384. The highest BCUT2D eigenvalue weighted by molar-refractivity contribution is 7.10. The molecule has 1 N–H and O–H groups in total. The van der Waals surface area contributed by atoms with E-state index in [0.717, 1.165) is 10.4 Å². The summed E-state index contributed by atoms with van der Waals surface area (Å²) in [5.41, 5.74) is 0.757. The Bertz CT molecular complexity index is 504. The number of halogens is 3. The van der Waals surface area contributed by atoms with Crippen LogP contribution in [0.3, 0.4) is 0 Å². The third-order valence-corrected chi connectivity index (χ3v) is 4.47. The molecule has 2 rings (SSSR count). The van der Waals surface area contributed by atoms with E-state index in [1.807, 2.05) is 0 Å². The standard InChI is InChI=1S/C12H9Cl3OS/c13-7-4-12(17-6-7)11(16)5-8-9(14)2-1-3-10(8)15/h1-4,6,11,16H,5H2. The van der Waals surface area contributed by atoms with Gasteiger partial charge in [-0.05, 0) is 23.8 Å². The number of hydrogen-bond donors (Lipinski definition) is 1. The number of benzene rings is 1. The molecule has 0 radical (unpaired) electrons. The molecule has 5 heteroatoms. The van der Waals surface area contributed by atoms with Crippen LogP contribution in [-0.4, -0.2) is 5.11 Å². The van der Waals surface area contributed by atoms with E-state index in [1.165, 1.54) is 11.3 Å². The van der Waals surface area contributed by atoms with Gasteiger partial charge in [-0.1, -0.05) is 40.9 Å². The van der Waals surface area contributed by atoms with Crippen LogP contribution in [0.15, 0.2) is 29.6 Å². The molecule has 0 spiro atoms. The van der Waals surface area contributed by atoms with Crippen LogP contribution in [0.1, 0.15) is 16.5 Å². The lowest BCUT2D eigenvalue weighted by Gasteiger charge is -2.11. The summed E-state index contributed by atoms with van der Waals surface area (Å²) in [6.45, 7) is 0. The maximum atomic E-state index is 10.1. The van der Waals surface area contributed by atoms with Gasteiger partial charge in [0.1, 0.15) is 0 Å². The quantitative estimate of drug-likeness (QED) is 0.847. The topological polar surface area (TPSA) is 20.2 Å². The number of hydrogen-bond acceptors (Lipinski definition) is 2. The fourth-order valence-electron chi connectivity index (χ4n) is 1.52. The maximum Gasteiger partial charge on any atom is 0.0923 e. The molecule has 0 amide bonds. The molecule has 0 fully saturated rings. The zero-order valence-electron chi connectivity index (χ0n) is 8.66. The molecule has 0 aliphatic rings. The average Bonchev–Trinajstić information content (AvgIpc) is 2.70. The largest absolute Gasteiger partial charge is 0.387 e. The van der Waals surface area contributed by atoms with Crippen molar-refractivity contribution in [1.29, 1.82) is 0 Å². The molecule has 1 aromatic heterocycles. The van der Waals surface area contributed by atoms with Crippen molar-refractivity contribution in [1.82, 2.24) is 0 Å². The predicted octanol–water partition coefficient (Wildman–Crippen LogP) is 4.98. The van der Waals surface area contributed by atoms with Crippen LogP contribution in [0.4, 0.5) is 0 Å². The molecule has 0 bridgehead atoms. The Balaban J connectivity index is 2.21. The minimum atomic E-state index is -0.634. The van der Waals surface area contributed by atoms with E-state index in [9.17, 15) is 5.11 Å². The van der Waals surface area contributed by atoms with E-state index in [-0.39, 0.29) is 0 Å². The summed E-state index contributed by atoms with van der Waals surface area (Å²) >= 11 is 19.3. The molecule has 17 heavy (non-hydrogen) atoms. The van der Waals surface area contributed by atoms with Crippen LogP contribution < -0.4 is 0 Å². The monoisotopic (exact) mass is 306 g/mol. The van der Waals surface area contributed by atoms with Gasteiger partial charge >= 0.3 is 0 Å². The van der Waals surface area contributed by atoms with Gasteiger partial charge in [-0.3, -0.25) is 0 Å².